The summed E-state index contributed by atoms with van der Waals surface area (Å²) in [6.45, 7) is 0. The van der Waals surface area contributed by atoms with E-state index in [1.165, 1.54) is 13.2 Å². The summed E-state index contributed by atoms with van der Waals surface area (Å²) in [5.41, 5.74) is 0.859. The van der Waals surface area contributed by atoms with E-state index in [1.807, 2.05) is 18.2 Å². The average Bonchev–Trinajstić information content (AvgIpc) is 3.07. The number of carbonyl (C=O) groups excluding carboxylic acids is 1. The number of hydrogen-bond donors (Lipinski definition) is 0. The molecule has 3 atom stereocenters. The van der Waals surface area contributed by atoms with Crippen LogP contribution in [0.1, 0.15) is 23.5 Å². The summed E-state index contributed by atoms with van der Waals surface area (Å²) >= 11 is 0. The van der Waals surface area contributed by atoms with Crippen LogP contribution >= 0.6 is 0 Å². The highest BCUT2D eigenvalue weighted by Gasteiger charge is 2.45. The molecule has 124 valence electrons. The summed E-state index contributed by atoms with van der Waals surface area (Å²) in [5.74, 6) is -0.642. The van der Waals surface area contributed by atoms with E-state index in [2.05, 4.69) is 0 Å². The smallest absolute Gasteiger partial charge is 0.338 e. The van der Waals surface area contributed by atoms with Gasteiger partial charge in [0.05, 0.1) is 17.6 Å². The van der Waals surface area contributed by atoms with Crippen molar-refractivity contribution in [3.63, 3.8) is 0 Å². The molecule has 1 fully saturated rings. The van der Waals surface area contributed by atoms with E-state index in [-0.39, 0.29) is 11.3 Å². The lowest BCUT2D eigenvalue weighted by atomic mass is 10.0. The van der Waals surface area contributed by atoms with E-state index >= 15 is 0 Å². The maximum absolute atomic E-state index is 12.1. The van der Waals surface area contributed by atoms with Crippen molar-refractivity contribution >= 4 is 11.7 Å². The highest BCUT2D eigenvalue weighted by molar-refractivity contribution is 5.76. The number of para-hydroxylation sites is 1. The summed E-state index contributed by atoms with van der Waals surface area (Å²) in [6, 6.07) is 15.2. The van der Waals surface area contributed by atoms with Crippen molar-refractivity contribution in [3.05, 3.63) is 75.8 Å². The number of benzene rings is 2. The SMILES string of the molecule is COC(=O)[C@@H]1OC(c2ccccc2)O[C@H]1c1ccccc1[N+](=O)[O-]. The van der Waals surface area contributed by atoms with Gasteiger partial charge in [-0.1, -0.05) is 42.5 Å². The van der Waals surface area contributed by atoms with Crippen LogP contribution in [0, 0.1) is 10.1 Å². The Bertz CT molecular complexity index is 748. The predicted octanol–water partition coefficient (Wildman–Crippen LogP) is 2.92. The maximum atomic E-state index is 12.1. The molecule has 0 N–H and O–H groups in total. The van der Waals surface area contributed by atoms with Crippen LogP contribution in [0.5, 0.6) is 0 Å². The van der Waals surface area contributed by atoms with Gasteiger partial charge in [0, 0.05) is 11.6 Å². The first kappa shape index (κ1) is 16.1. The molecule has 3 rings (SSSR count). The number of ether oxygens (including phenoxy) is 3. The molecule has 0 aliphatic carbocycles. The maximum Gasteiger partial charge on any atom is 0.338 e. The number of nitrogens with zero attached hydrogens (tertiary/aromatic N) is 1. The minimum atomic E-state index is -1.08. The third-order valence-electron chi connectivity index (χ3n) is 3.76. The highest BCUT2D eigenvalue weighted by Crippen LogP contribution is 2.42. The lowest BCUT2D eigenvalue weighted by Crippen LogP contribution is -2.27. The molecule has 1 unspecified atom stereocenters. The molecule has 0 bridgehead atoms. The lowest BCUT2D eigenvalue weighted by Gasteiger charge is -2.14. The number of esters is 1. The minimum Gasteiger partial charge on any atom is -0.467 e. The summed E-state index contributed by atoms with van der Waals surface area (Å²) in [6.07, 6.45) is -2.81. The Morgan fingerprint density at radius 1 is 1.08 bits per heavy atom. The van der Waals surface area contributed by atoms with Crippen molar-refractivity contribution in [2.45, 2.75) is 18.5 Å². The Labute approximate surface area is 137 Å². The van der Waals surface area contributed by atoms with Gasteiger partial charge in [0.15, 0.2) is 12.4 Å². The van der Waals surface area contributed by atoms with Crippen molar-refractivity contribution in [1.82, 2.24) is 0 Å². The summed E-state index contributed by atoms with van der Waals surface area (Å²) in [7, 11) is 1.23. The van der Waals surface area contributed by atoms with Gasteiger partial charge in [-0.2, -0.15) is 0 Å². The zero-order chi connectivity index (χ0) is 17.1. The number of carbonyl (C=O) groups is 1. The van der Waals surface area contributed by atoms with Crippen LogP contribution in [0.3, 0.4) is 0 Å². The summed E-state index contributed by atoms with van der Waals surface area (Å²) in [5, 5.41) is 11.3. The molecule has 1 saturated heterocycles. The fraction of sp³-hybridized carbons (Fsp3) is 0.235. The van der Waals surface area contributed by atoms with Crippen molar-refractivity contribution in [2.24, 2.45) is 0 Å². The van der Waals surface area contributed by atoms with E-state index in [0.29, 0.717) is 5.56 Å². The van der Waals surface area contributed by atoms with Gasteiger partial charge in [-0.3, -0.25) is 10.1 Å². The van der Waals surface area contributed by atoms with Gasteiger partial charge in [-0.05, 0) is 6.07 Å². The average molecular weight is 329 g/mol. The monoisotopic (exact) mass is 329 g/mol. The van der Waals surface area contributed by atoms with E-state index < -0.39 is 29.4 Å². The van der Waals surface area contributed by atoms with Gasteiger partial charge in [0.25, 0.3) is 5.69 Å². The fourth-order valence-electron chi connectivity index (χ4n) is 2.63. The topological polar surface area (TPSA) is 87.9 Å². The van der Waals surface area contributed by atoms with Crippen LogP contribution in [-0.4, -0.2) is 24.1 Å². The lowest BCUT2D eigenvalue weighted by molar-refractivity contribution is -0.386. The second kappa shape index (κ2) is 6.77. The molecule has 0 saturated carbocycles. The Balaban J connectivity index is 1.98. The molecule has 1 heterocycles. The van der Waals surface area contributed by atoms with Gasteiger partial charge < -0.3 is 14.2 Å². The van der Waals surface area contributed by atoms with Crippen molar-refractivity contribution in [1.29, 1.82) is 0 Å². The Hall–Kier alpha value is -2.77. The van der Waals surface area contributed by atoms with Crippen LogP contribution in [0.2, 0.25) is 0 Å². The summed E-state index contributed by atoms with van der Waals surface area (Å²) in [4.78, 5) is 22.8. The second-order valence-corrected chi connectivity index (χ2v) is 5.20. The Morgan fingerprint density at radius 2 is 1.75 bits per heavy atom. The molecular weight excluding hydrogens is 314 g/mol. The fourth-order valence-corrected chi connectivity index (χ4v) is 2.63. The van der Waals surface area contributed by atoms with Crippen LogP contribution in [-0.2, 0) is 19.0 Å². The number of hydrogen-bond acceptors (Lipinski definition) is 6. The number of methoxy groups -OCH3 is 1. The van der Waals surface area contributed by atoms with Crippen molar-refractivity contribution in [3.8, 4) is 0 Å². The zero-order valence-corrected chi connectivity index (χ0v) is 12.8. The zero-order valence-electron chi connectivity index (χ0n) is 12.8. The number of rotatable bonds is 4. The molecule has 7 nitrogen and oxygen atoms in total. The normalized spacial score (nSPS) is 23.0. The molecule has 1 aliphatic rings. The highest BCUT2D eigenvalue weighted by atomic mass is 16.7. The molecule has 7 heteroatoms. The third-order valence-corrected chi connectivity index (χ3v) is 3.76. The van der Waals surface area contributed by atoms with E-state index in [1.54, 1.807) is 30.3 Å². The molecule has 0 spiro atoms. The molecule has 0 radical (unpaired) electrons. The molecule has 24 heavy (non-hydrogen) atoms. The van der Waals surface area contributed by atoms with E-state index in [9.17, 15) is 14.9 Å². The molecule has 0 amide bonds. The molecule has 2 aromatic carbocycles. The van der Waals surface area contributed by atoms with Crippen LogP contribution < -0.4 is 0 Å². The first-order valence-corrected chi connectivity index (χ1v) is 7.29. The Kier molecular flexibility index (Phi) is 4.54. The molecule has 2 aromatic rings. The van der Waals surface area contributed by atoms with Gasteiger partial charge in [0.2, 0.25) is 0 Å². The first-order valence-electron chi connectivity index (χ1n) is 7.29. The Morgan fingerprint density at radius 3 is 2.42 bits per heavy atom. The number of nitro benzene ring substituents is 1. The van der Waals surface area contributed by atoms with Gasteiger partial charge in [-0.15, -0.1) is 0 Å². The standard InChI is InChI=1S/C17H15NO6/c1-22-16(19)15-14(12-9-5-6-10-13(12)18(20)21)23-17(24-15)11-7-3-2-4-8-11/h2-10,14-15,17H,1H3/t14-,15+,17?/m0/s1. The van der Waals surface area contributed by atoms with Crippen LogP contribution in [0.25, 0.3) is 0 Å². The predicted molar refractivity (Wildman–Crippen MR) is 83.0 cm³/mol. The summed E-state index contributed by atoms with van der Waals surface area (Å²) < 4.78 is 16.3. The third kappa shape index (κ3) is 2.99. The second-order valence-electron chi connectivity index (χ2n) is 5.20. The van der Waals surface area contributed by atoms with Crippen molar-refractivity contribution in [2.75, 3.05) is 7.11 Å². The van der Waals surface area contributed by atoms with E-state index in [0.717, 1.165) is 0 Å². The first-order chi connectivity index (χ1) is 11.6. The molecule has 1 aliphatic heterocycles. The van der Waals surface area contributed by atoms with E-state index in [4.69, 9.17) is 14.2 Å². The van der Waals surface area contributed by atoms with Gasteiger partial charge in [0.1, 0.15) is 6.10 Å². The minimum absolute atomic E-state index is 0.131. The van der Waals surface area contributed by atoms with Crippen LogP contribution in [0.15, 0.2) is 54.6 Å². The van der Waals surface area contributed by atoms with Crippen LogP contribution in [0.4, 0.5) is 5.69 Å². The largest absolute Gasteiger partial charge is 0.467 e. The number of nitro groups is 1. The quantitative estimate of drug-likeness (QED) is 0.487. The van der Waals surface area contributed by atoms with Gasteiger partial charge in [-0.25, -0.2) is 4.79 Å². The van der Waals surface area contributed by atoms with Gasteiger partial charge >= 0.3 is 5.97 Å². The van der Waals surface area contributed by atoms with Crippen molar-refractivity contribution < 1.29 is 23.9 Å². The molecular formula is C17H15NO6. The molecule has 0 aromatic heterocycles.